The van der Waals surface area contributed by atoms with Crippen LogP contribution in [0.25, 0.3) is 5.70 Å². The first-order chi connectivity index (χ1) is 19.5. The second kappa shape index (κ2) is 11.8. The van der Waals surface area contributed by atoms with Crippen LogP contribution in [0.4, 0.5) is 34.1 Å². The molecule has 4 aromatic rings. The number of rotatable bonds is 4. The predicted molar refractivity (Wildman–Crippen MR) is 158 cm³/mol. The van der Waals surface area contributed by atoms with Crippen LogP contribution >= 0.6 is 0 Å². The summed E-state index contributed by atoms with van der Waals surface area (Å²) in [5.41, 5.74) is 5.26. The van der Waals surface area contributed by atoms with E-state index in [9.17, 15) is 20.2 Å². The number of allylic oxidation sites excluding steroid dienone is 1. The van der Waals surface area contributed by atoms with Crippen LogP contribution in [0.2, 0.25) is 0 Å². The smallest absolute Gasteiger partial charge is 0.269 e. The lowest BCUT2D eigenvalue weighted by atomic mass is 10.0. The number of nitro benzene ring substituents is 2. The van der Waals surface area contributed by atoms with Crippen molar-refractivity contribution in [3.63, 3.8) is 0 Å². The molecule has 1 atom stereocenters. The number of benzene rings is 4. The van der Waals surface area contributed by atoms with E-state index in [1.807, 2.05) is 54.7 Å². The maximum atomic E-state index is 11.2. The van der Waals surface area contributed by atoms with E-state index in [1.165, 1.54) is 24.3 Å². The Balaban J connectivity index is 1.57. The number of nitrogens with one attached hydrogen (secondary N) is 2. The van der Waals surface area contributed by atoms with Crippen molar-refractivity contribution in [2.75, 3.05) is 10.6 Å². The number of nitrogens with zero attached hydrogens (tertiary/aromatic N) is 4. The summed E-state index contributed by atoms with van der Waals surface area (Å²) in [4.78, 5) is 30.9. The fraction of sp³-hybridized carbons (Fsp3) is 0.0667. The molecule has 198 valence electrons. The van der Waals surface area contributed by atoms with Gasteiger partial charge in [0.2, 0.25) is 0 Å². The zero-order chi connectivity index (χ0) is 27.9. The van der Waals surface area contributed by atoms with Crippen LogP contribution in [0.5, 0.6) is 0 Å². The molecule has 0 bridgehead atoms. The lowest BCUT2D eigenvalue weighted by Crippen LogP contribution is -2.12. The van der Waals surface area contributed by atoms with Gasteiger partial charge < -0.3 is 10.6 Å². The number of aliphatic imine (C=N–C) groups is 2. The normalized spacial score (nSPS) is 14.9. The lowest BCUT2D eigenvalue weighted by Gasteiger charge is -2.20. The molecule has 1 heterocycles. The fourth-order valence-electron chi connectivity index (χ4n) is 4.26. The highest BCUT2D eigenvalue weighted by atomic mass is 16.6. The van der Waals surface area contributed by atoms with Crippen LogP contribution < -0.4 is 10.6 Å². The third kappa shape index (κ3) is 6.08. The van der Waals surface area contributed by atoms with Gasteiger partial charge in [0.15, 0.2) is 0 Å². The second-order valence-corrected chi connectivity index (χ2v) is 8.91. The van der Waals surface area contributed by atoms with Gasteiger partial charge in [0.1, 0.15) is 0 Å². The Hall–Kier alpha value is -5.64. The van der Waals surface area contributed by atoms with Crippen LogP contribution in [-0.2, 0) is 0 Å². The van der Waals surface area contributed by atoms with Gasteiger partial charge in [-0.2, -0.15) is 0 Å². The standard InChI is InChI=1S/C30H24N6O4/c37-35(38)23-13-9-21(10-14-23)25-18-20-32-28-6-2-4-8-30(28)34-26(22-11-15-24(16-12-22)36(39)40)17-19-31-27-5-1-3-7-29(27)33-25/h1-17,19-20,25,33-34H,18H2. The van der Waals surface area contributed by atoms with Crippen LogP contribution in [0.15, 0.2) is 113 Å². The summed E-state index contributed by atoms with van der Waals surface area (Å²) in [6.45, 7) is 0. The number of hydrogen-bond acceptors (Lipinski definition) is 8. The topological polar surface area (TPSA) is 135 Å². The minimum Gasteiger partial charge on any atom is -0.376 e. The van der Waals surface area contributed by atoms with E-state index >= 15 is 0 Å². The third-order valence-electron chi connectivity index (χ3n) is 6.33. The molecule has 10 nitrogen and oxygen atoms in total. The van der Waals surface area contributed by atoms with Crippen LogP contribution in [0.1, 0.15) is 23.6 Å². The fourth-order valence-corrected chi connectivity index (χ4v) is 4.26. The van der Waals surface area contributed by atoms with Gasteiger partial charge in [0, 0.05) is 48.8 Å². The largest absolute Gasteiger partial charge is 0.376 e. The van der Waals surface area contributed by atoms with Gasteiger partial charge in [-0.25, -0.2) is 0 Å². The van der Waals surface area contributed by atoms with Gasteiger partial charge in [-0.05, 0) is 53.6 Å². The van der Waals surface area contributed by atoms with Gasteiger partial charge in [0.25, 0.3) is 11.4 Å². The first-order valence-electron chi connectivity index (χ1n) is 12.5. The Labute approximate surface area is 229 Å². The highest BCUT2D eigenvalue weighted by Crippen LogP contribution is 2.33. The number of fused-ring (bicyclic) bond motifs is 2. The van der Waals surface area contributed by atoms with Crippen LogP contribution in [-0.4, -0.2) is 22.3 Å². The van der Waals surface area contributed by atoms with Crippen LogP contribution in [0.3, 0.4) is 0 Å². The number of nitro groups is 2. The second-order valence-electron chi connectivity index (χ2n) is 8.91. The minimum absolute atomic E-state index is 0.00601. The number of para-hydroxylation sites is 4. The quantitative estimate of drug-likeness (QED) is 0.205. The Morgan fingerprint density at radius 1 is 0.700 bits per heavy atom. The number of non-ortho nitro benzene ring substituents is 2. The average molecular weight is 533 g/mol. The van der Waals surface area contributed by atoms with Crippen molar-refractivity contribution in [2.45, 2.75) is 12.5 Å². The van der Waals surface area contributed by atoms with Crippen molar-refractivity contribution in [1.29, 1.82) is 0 Å². The molecule has 0 fully saturated rings. The zero-order valence-electron chi connectivity index (χ0n) is 21.2. The van der Waals surface area contributed by atoms with E-state index in [1.54, 1.807) is 36.6 Å². The van der Waals surface area contributed by atoms with Crippen LogP contribution in [0, 0.1) is 20.2 Å². The molecule has 0 saturated heterocycles. The van der Waals surface area contributed by atoms with E-state index in [-0.39, 0.29) is 17.4 Å². The number of hydrogen-bond donors (Lipinski definition) is 2. The molecule has 1 aliphatic rings. The predicted octanol–water partition coefficient (Wildman–Crippen LogP) is 7.62. The van der Waals surface area contributed by atoms with Gasteiger partial charge >= 0.3 is 0 Å². The van der Waals surface area contributed by atoms with E-state index in [0.717, 1.165) is 22.5 Å². The van der Waals surface area contributed by atoms with Crippen molar-refractivity contribution >= 4 is 52.3 Å². The van der Waals surface area contributed by atoms with Crippen molar-refractivity contribution in [3.05, 3.63) is 134 Å². The molecule has 0 saturated carbocycles. The molecular weight excluding hydrogens is 508 g/mol. The summed E-state index contributed by atoms with van der Waals surface area (Å²) in [6, 6.07) is 27.7. The Kier molecular flexibility index (Phi) is 7.68. The SMILES string of the molecule is O=[N+]([O-])c1ccc(C2=CC=Nc3ccccc3NC(c3ccc([N+](=O)[O-])cc3)CC=Nc3ccccc3N2)cc1. The molecule has 0 aromatic heterocycles. The van der Waals surface area contributed by atoms with E-state index in [2.05, 4.69) is 15.6 Å². The third-order valence-corrected chi connectivity index (χ3v) is 6.33. The Bertz CT molecular complexity index is 1630. The maximum Gasteiger partial charge on any atom is 0.269 e. The summed E-state index contributed by atoms with van der Waals surface area (Å²) in [5.74, 6) is 0. The summed E-state index contributed by atoms with van der Waals surface area (Å²) in [7, 11) is 0. The molecule has 4 aromatic carbocycles. The summed E-state index contributed by atoms with van der Waals surface area (Å²) >= 11 is 0. The average Bonchev–Trinajstić information content (AvgIpc) is 2.97. The first-order valence-corrected chi connectivity index (χ1v) is 12.5. The maximum absolute atomic E-state index is 11.2. The summed E-state index contributed by atoms with van der Waals surface area (Å²) in [6.07, 6.45) is 5.78. The number of anilines is 2. The van der Waals surface area contributed by atoms with Crippen molar-refractivity contribution in [3.8, 4) is 0 Å². The molecule has 10 heteroatoms. The van der Waals surface area contributed by atoms with Gasteiger partial charge in [-0.1, -0.05) is 36.4 Å². The Morgan fingerprint density at radius 2 is 1.27 bits per heavy atom. The van der Waals surface area contributed by atoms with Crippen molar-refractivity contribution < 1.29 is 9.85 Å². The monoisotopic (exact) mass is 532 g/mol. The molecule has 0 aliphatic carbocycles. The highest BCUT2D eigenvalue weighted by molar-refractivity contribution is 5.93. The molecule has 2 N–H and O–H groups in total. The molecule has 5 rings (SSSR count). The summed E-state index contributed by atoms with van der Waals surface area (Å²) < 4.78 is 0. The van der Waals surface area contributed by atoms with E-state index < -0.39 is 9.85 Å². The van der Waals surface area contributed by atoms with E-state index in [4.69, 9.17) is 4.99 Å². The molecule has 0 spiro atoms. The van der Waals surface area contributed by atoms with Gasteiger partial charge in [-0.3, -0.25) is 30.2 Å². The first kappa shape index (κ1) is 26.0. The summed E-state index contributed by atoms with van der Waals surface area (Å²) in [5, 5.41) is 29.2. The molecule has 0 radical (unpaired) electrons. The zero-order valence-corrected chi connectivity index (χ0v) is 21.2. The molecule has 0 amide bonds. The minimum atomic E-state index is -0.432. The van der Waals surface area contributed by atoms with Gasteiger partial charge in [0.05, 0.1) is 38.6 Å². The molecule has 1 unspecified atom stereocenters. The Morgan fingerprint density at radius 3 is 1.93 bits per heavy atom. The molecule has 40 heavy (non-hydrogen) atoms. The van der Waals surface area contributed by atoms with Gasteiger partial charge in [-0.15, -0.1) is 0 Å². The lowest BCUT2D eigenvalue weighted by molar-refractivity contribution is -0.385. The molecular formula is C30H24N6O4. The highest BCUT2D eigenvalue weighted by Gasteiger charge is 2.15. The van der Waals surface area contributed by atoms with E-state index in [0.29, 0.717) is 23.5 Å². The van der Waals surface area contributed by atoms with Crippen molar-refractivity contribution in [1.82, 2.24) is 0 Å². The van der Waals surface area contributed by atoms with Crippen molar-refractivity contribution in [2.24, 2.45) is 9.98 Å². The molecule has 1 aliphatic heterocycles.